The van der Waals surface area contributed by atoms with Crippen LogP contribution in [-0.4, -0.2) is 55.6 Å². The monoisotopic (exact) mass is 370 g/mol. The first kappa shape index (κ1) is 17.3. The number of benzene rings is 2. The van der Waals surface area contributed by atoms with E-state index in [-0.39, 0.29) is 13.2 Å². The van der Waals surface area contributed by atoms with Crippen LogP contribution in [0.15, 0.2) is 60.7 Å². The zero-order valence-electron chi connectivity index (χ0n) is 14.8. The summed E-state index contributed by atoms with van der Waals surface area (Å²) < 4.78 is 30.1. The Labute approximate surface area is 157 Å². The lowest BCUT2D eigenvalue weighted by molar-refractivity contribution is -0.361. The molecule has 1 spiro atoms. The van der Waals surface area contributed by atoms with Crippen molar-refractivity contribution in [3.8, 4) is 0 Å². The minimum absolute atomic E-state index is 0.171. The van der Waals surface area contributed by atoms with Crippen LogP contribution in [0.4, 0.5) is 0 Å². The molecule has 3 fully saturated rings. The van der Waals surface area contributed by atoms with Crippen molar-refractivity contribution in [2.75, 3.05) is 26.4 Å². The normalized spacial score (nSPS) is 35.1. The molecule has 1 N–H and O–H groups in total. The highest BCUT2D eigenvalue weighted by atomic mass is 16.8. The lowest BCUT2D eigenvalue weighted by Crippen LogP contribution is -2.64. The number of aliphatic hydroxyl groups is 1. The summed E-state index contributed by atoms with van der Waals surface area (Å²) in [6, 6.07) is 19.5. The molecule has 4 unspecified atom stereocenters. The molecule has 6 nitrogen and oxygen atoms in total. The zero-order valence-corrected chi connectivity index (χ0v) is 14.8. The van der Waals surface area contributed by atoms with Crippen LogP contribution in [0.25, 0.3) is 0 Å². The van der Waals surface area contributed by atoms with Crippen molar-refractivity contribution >= 4 is 0 Å². The van der Waals surface area contributed by atoms with E-state index in [0.29, 0.717) is 13.2 Å². The first-order valence-electron chi connectivity index (χ1n) is 9.24. The number of ether oxygens (including phenoxy) is 5. The van der Waals surface area contributed by atoms with Crippen LogP contribution in [0.2, 0.25) is 0 Å². The van der Waals surface area contributed by atoms with E-state index < -0.39 is 29.9 Å². The number of fused-ring (bicyclic) bond motifs is 1. The predicted molar refractivity (Wildman–Crippen MR) is 94.9 cm³/mol. The van der Waals surface area contributed by atoms with Gasteiger partial charge in [0.05, 0.1) is 19.8 Å². The van der Waals surface area contributed by atoms with Crippen molar-refractivity contribution in [2.45, 2.75) is 29.9 Å². The second kappa shape index (κ2) is 6.67. The van der Waals surface area contributed by atoms with E-state index in [1.807, 2.05) is 60.7 Å². The zero-order chi connectivity index (χ0) is 18.3. The molecule has 6 heteroatoms. The van der Waals surface area contributed by atoms with Crippen LogP contribution in [-0.2, 0) is 29.5 Å². The lowest BCUT2D eigenvalue weighted by atomic mass is 9.96. The molecule has 3 heterocycles. The van der Waals surface area contributed by atoms with Gasteiger partial charge in [0, 0.05) is 11.1 Å². The topological polar surface area (TPSA) is 66.4 Å². The van der Waals surface area contributed by atoms with Crippen LogP contribution in [0.1, 0.15) is 11.1 Å². The van der Waals surface area contributed by atoms with Gasteiger partial charge in [0.25, 0.3) is 0 Å². The summed E-state index contributed by atoms with van der Waals surface area (Å²) in [5, 5.41) is 11.0. The predicted octanol–water partition coefficient (Wildman–Crippen LogP) is 1.81. The van der Waals surface area contributed by atoms with E-state index in [1.54, 1.807) is 0 Å². The Bertz CT molecular complexity index is 734. The van der Waals surface area contributed by atoms with E-state index in [1.165, 1.54) is 0 Å². The van der Waals surface area contributed by atoms with E-state index >= 15 is 0 Å². The fraction of sp³-hybridized carbons (Fsp3) is 0.429. The average Bonchev–Trinajstić information content (AvgIpc) is 3.15. The summed E-state index contributed by atoms with van der Waals surface area (Å²) in [7, 11) is 0. The second-order valence-corrected chi connectivity index (χ2v) is 7.06. The molecule has 0 amide bonds. The molecule has 0 radical (unpaired) electrons. The molecule has 3 saturated heterocycles. The summed E-state index contributed by atoms with van der Waals surface area (Å²) in [5.41, 5.74) is 1.74. The summed E-state index contributed by atoms with van der Waals surface area (Å²) in [6.07, 6.45) is -2.04. The number of hydrogen-bond acceptors (Lipinski definition) is 6. The fourth-order valence-electron chi connectivity index (χ4n) is 4.07. The Morgan fingerprint density at radius 1 is 0.815 bits per heavy atom. The number of hydrogen-bond donors (Lipinski definition) is 1. The molecule has 27 heavy (non-hydrogen) atoms. The molecule has 4 atom stereocenters. The minimum Gasteiger partial charge on any atom is -0.385 e. The first-order valence-corrected chi connectivity index (χ1v) is 9.24. The molecule has 0 bridgehead atoms. The number of aliphatic hydroxyl groups excluding tert-OH is 1. The van der Waals surface area contributed by atoms with Gasteiger partial charge in [-0.05, 0) is 0 Å². The van der Waals surface area contributed by atoms with E-state index in [0.717, 1.165) is 11.1 Å². The third-order valence-corrected chi connectivity index (χ3v) is 5.42. The van der Waals surface area contributed by atoms with Gasteiger partial charge >= 0.3 is 0 Å². The average molecular weight is 370 g/mol. The first-order chi connectivity index (χ1) is 13.2. The summed E-state index contributed by atoms with van der Waals surface area (Å²) >= 11 is 0. The molecule has 142 valence electrons. The van der Waals surface area contributed by atoms with Gasteiger partial charge in [-0.1, -0.05) is 60.7 Å². The maximum atomic E-state index is 11.0. The molecular formula is C21H22O6. The van der Waals surface area contributed by atoms with Crippen LogP contribution < -0.4 is 0 Å². The summed E-state index contributed by atoms with van der Waals surface area (Å²) in [6.45, 7) is 1.29. The van der Waals surface area contributed by atoms with Gasteiger partial charge in [-0.2, -0.15) is 0 Å². The molecule has 2 aromatic rings. The maximum absolute atomic E-state index is 11.0. The van der Waals surface area contributed by atoms with Crippen molar-refractivity contribution in [3.05, 3.63) is 71.8 Å². The van der Waals surface area contributed by atoms with Crippen molar-refractivity contribution in [1.82, 2.24) is 0 Å². The van der Waals surface area contributed by atoms with Gasteiger partial charge in [-0.15, -0.1) is 0 Å². The highest BCUT2D eigenvalue weighted by Gasteiger charge is 2.61. The third kappa shape index (κ3) is 2.72. The quantitative estimate of drug-likeness (QED) is 0.870. The highest BCUT2D eigenvalue weighted by Crippen LogP contribution is 2.47. The van der Waals surface area contributed by atoms with Crippen molar-refractivity contribution in [3.63, 3.8) is 0 Å². The van der Waals surface area contributed by atoms with Gasteiger partial charge in [0.1, 0.15) is 24.9 Å². The maximum Gasteiger partial charge on any atom is 0.223 e. The molecule has 0 saturated carbocycles. The molecule has 0 aromatic heterocycles. The lowest BCUT2D eigenvalue weighted by Gasteiger charge is -2.45. The second-order valence-electron chi connectivity index (χ2n) is 7.06. The molecule has 3 aliphatic heterocycles. The Morgan fingerprint density at radius 2 is 1.48 bits per heavy atom. The van der Waals surface area contributed by atoms with Crippen LogP contribution in [0.5, 0.6) is 0 Å². The van der Waals surface area contributed by atoms with Gasteiger partial charge in [-0.3, -0.25) is 0 Å². The van der Waals surface area contributed by atoms with Crippen molar-refractivity contribution < 1.29 is 28.8 Å². The molecule has 3 aliphatic rings. The summed E-state index contributed by atoms with van der Waals surface area (Å²) in [5.74, 6) is -2.31. The number of rotatable bonds is 2. The SMILES string of the molecule is OC1C2OC(c3ccccc3)(c3ccccc3)OC2COC12COCCO2. The van der Waals surface area contributed by atoms with Crippen LogP contribution >= 0.6 is 0 Å². The largest absolute Gasteiger partial charge is 0.385 e. The minimum atomic E-state index is -1.20. The Kier molecular flexibility index (Phi) is 4.27. The Balaban J connectivity index is 1.54. The van der Waals surface area contributed by atoms with Crippen molar-refractivity contribution in [1.29, 1.82) is 0 Å². The van der Waals surface area contributed by atoms with Gasteiger partial charge in [0.15, 0.2) is 0 Å². The van der Waals surface area contributed by atoms with E-state index in [9.17, 15) is 5.11 Å². The Hall–Kier alpha value is -1.80. The third-order valence-electron chi connectivity index (χ3n) is 5.42. The summed E-state index contributed by atoms with van der Waals surface area (Å²) in [4.78, 5) is 0. The van der Waals surface area contributed by atoms with E-state index in [4.69, 9.17) is 23.7 Å². The molecular weight excluding hydrogens is 348 g/mol. The smallest absolute Gasteiger partial charge is 0.223 e. The standard InChI is InChI=1S/C21H22O6/c22-19-18-17(13-25-20(19)14-23-11-12-24-20)26-21(27-18,15-7-3-1-4-8-15)16-9-5-2-6-10-16/h1-10,17-19,22H,11-14H2. The molecule has 2 aromatic carbocycles. The highest BCUT2D eigenvalue weighted by molar-refractivity contribution is 5.35. The Morgan fingerprint density at radius 3 is 2.07 bits per heavy atom. The molecule has 0 aliphatic carbocycles. The van der Waals surface area contributed by atoms with Gasteiger partial charge < -0.3 is 28.8 Å². The van der Waals surface area contributed by atoms with Gasteiger partial charge in [-0.25, -0.2) is 0 Å². The van der Waals surface area contributed by atoms with Crippen molar-refractivity contribution in [2.24, 2.45) is 0 Å². The van der Waals surface area contributed by atoms with E-state index in [2.05, 4.69) is 0 Å². The van der Waals surface area contributed by atoms with Gasteiger partial charge in [0.2, 0.25) is 11.6 Å². The molecule has 5 rings (SSSR count). The van der Waals surface area contributed by atoms with Crippen LogP contribution in [0.3, 0.4) is 0 Å². The van der Waals surface area contributed by atoms with Crippen LogP contribution in [0, 0.1) is 0 Å². The fourth-order valence-corrected chi connectivity index (χ4v) is 4.07.